The maximum Gasteiger partial charge on any atom is 0.123 e. The van der Waals surface area contributed by atoms with Crippen molar-refractivity contribution >= 4 is 28.2 Å². The number of fused-ring (bicyclic) bond motifs is 1. The van der Waals surface area contributed by atoms with Gasteiger partial charge in [-0.15, -0.1) is 0 Å². The number of aromatic hydroxyl groups is 1. The van der Waals surface area contributed by atoms with E-state index in [0.29, 0.717) is 22.8 Å². The van der Waals surface area contributed by atoms with Crippen molar-refractivity contribution in [3.05, 3.63) is 64.1 Å². The lowest BCUT2D eigenvalue weighted by atomic mass is 9.94. The van der Waals surface area contributed by atoms with E-state index in [1.54, 1.807) is 24.4 Å². The SMILES string of the molecule is CCC(C)c1cc(N=c2ccn(O)c3cc(Cl)ccc23)cc(CN(CC)CC)c1O. The van der Waals surface area contributed by atoms with Crippen LogP contribution in [0.25, 0.3) is 10.9 Å². The number of hydrogen-bond acceptors (Lipinski definition) is 4. The Bertz CT molecular complexity index is 1100. The van der Waals surface area contributed by atoms with Gasteiger partial charge in [-0.1, -0.05) is 39.3 Å². The summed E-state index contributed by atoms with van der Waals surface area (Å²) in [6.45, 7) is 11.0. The van der Waals surface area contributed by atoms with Crippen molar-refractivity contribution in [2.45, 2.75) is 46.6 Å². The molecule has 0 aliphatic carbocycles. The molecule has 160 valence electrons. The van der Waals surface area contributed by atoms with Crippen molar-refractivity contribution < 1.29 is 10.3 Å². The van der Waals surface area contributed by atoms with Gasteiger partial charge in [-0.25, -0.2) is 4.99 Å². The van der Waals surface area contributed by atoms with Crippen LogP contribution >= 0.6 is 11.6 Å². The van der Waals surface area contributed by atoms with Crippen LogP contribution in [-0.2, 0) is 6.54 Å². The maximum absolute atomic E-state index is 10.9. The second-order valence-corrected chi connectivity index (χ2v) is 8.07. The quantitative estimate of drug-likeness (QED) is 0.466. The van der Waals surface area contributed by atoms with Crippen LogP contribution in [0.3, 0.4) is 0 Å². The first kappa shape index (κ1) is 22.2. The number of halogens is 1. The van der Waals surface area contributed by atoms with E-state index >= 15 is 0 Å². The van der Waals surface area contributed by atoms with Gasteiger partial charge in [0, 0.05) is 28.7 Å². The van der Waals surface area contributed by atoms with Crippen molar-refractivity contribution in [3.63, 3.8) is 0 Å². The Morgan fingerprint density at radius 3 is 2.50 bits per heavy atom. The fourth-order valence-electron chi connectivity index (χ4n) is 3.63. The summed E-state index contributed by atoms with van der Waals surface area (Å²) >= 11 is 6.10. The predicted octanol–water partition coefficient (Wildman–Crippen LogP) is 5.83. The zero-order valence-electron chi connectivity index (χ0n) is 18.1. The van der Waals surface area contributed by atoms with E-state index < -0.39 is 0 Å². The van der Waals surface area contributed by atoms with Gasteiger partial charge in [0.1, 0.15) is 5.75 Å². The molecule has 1 unspecified atom stereocenters. The predicted molar refractivity (Wildman–Crippen MR) is 123 cm³/mol. The molecule has 0 radical (unpaired) electrons. The lowest BCUT2D eigenvalue weighted by Gasteiger charge is -2.21. The summed E-state index contributed by atoms with van der Waals surface area (Å²) in [6.07, 6.45) is 2.49. The second kappa shape index (κ2) is 9.54. The Labute approximate surface area is 182 Å². The van der Waals surface area contributed by atoms with Crippen molar-refractivity contribution in [3.8, 4) is 5.75 Å². The molecule has 0 aliphatic rings. The highest BCUT2D eigenvalue weighted by molar-refractivity contribution is 6.31. The van der Waals surface area contributed by atoms with Gasteiger partial charge in [0.05, 0.1) is 16.6 Å². The molecule has 1 atom stereocenters. The molecule has 3 rings (SSSR count). The Kier molecular flexibility index (Phi) is 7.06. The Morgan fingerprint density at radius 1 is 1.10 bits per heavy atom. The average molecular weight is 428 g/mol. The topological polar surface area (TPSA) is 61.0 Å². The van der Waals surface area contributed by atoms with Crippen LogP contribution < -0.4 is 5.36 Å². The molecule has 6 heteroatoms. The minimum absolute atomic E-state index is 0.224. The van der Waals surface area contributed by atoms with Gasteiger partial charge in [0.25, 0.3) is 0 Å². The molecule has 30 heavy (non-hydrogen) atoms. The third-order valence-corrected chi connectivity index (χ3v) is 5.98. The summed E-state index contributed by atoms with van der Waals surface area (Å²) in [4.78, 5) is 7.15. The highest BCUT2D eigenvalue weighted by Crippen LogP contribution is 2.35. The molecule has 0 fully saturated rings. The second-order valence-electron chi connectivity index (χ2n) is 7.63. The average Bonchev–Trinajstić information content (AvgIpc) is 2.75. The van der Waals surface area contributed by atoms with E-state index in [1.807, 2.05) is 18.2 Å². The number of phenols is 1. The van der Waals surface area contributed by atoms with Gasteiger partial charge in [-0.05, 0) is 67.4 Å². The number of hydrogen-bond donors (Lipinski definition) is 2. The minimum atomic E-state index is 0.224. The molecule has 1 heterocycles. The Hall–Kier alpha value is -2.50. The van der Waals surface area contributed by atoms with E-state index in [0.717, 1.165) is 51.8 Å². The van der Waals surface area contributed by atoms with Crippen molar-refractivity contribution in [1.29, 1.82) is 0 Å². The lowest BCUT2D eigenvalue weighted by Crippen LogP contribution is -2.22. The first-order valence-electron chi connectivity index (χ1n) is 10.5. The summed E-state index contributed by atoms with van der Waals surface area (Å²) < 4.78 is 1.05. The molecule has 0 aliphatic heterocycles. The molecular formula is C24H30ClN3O2. The number of pyridine rings is 1. The van der Waals surface area contributed by atoms with Crippen LogP contribution in [0, 0.1) is 0 Å². The van der Waals surface area contributed by atoms with Crippen LogP contribution in [-0.4, -0.2) is 33.0 Å². The van der Waals surface area contributed by atoms with E-state index in [1.165, 1.54) is 0 Å². The fraction of sp³-hybridized carbons (Fsp3) is 0.375. The number of aromatic nitrogens is 1. The van der Waals surface area contributed by atoms with Gasteiger partial charge in [0.15, 0.2) is 0 Å². The molecule has 0 saturated heterocycles. The molecule has 2 N–H and O–H groups in total. The van der Waals surface area contributed by atoms with Crippen molar-refractivity contribution in [2.24, 2.45) is 4.99 Å². The van der Waals surface area contributed by atoms with Crippen LogP contribution in [0.2, 0.25) is 5.02 Å². The van der Waals surface area contributed by atoms with Crippen LogP contribution in [0.1, 0.15) is 51.2 Å². The van der Waals surface area contributed by atoms with Gasteiger partial charge >= 0.3 is 0 Å². The van der Waals surface area contributed by atoms with Crippen LogP contribution in [0.5, 0.6) is 5.75 Å². The third kappa shape index (κ3) is 4.63. The summed E-state index contributed by atoms with van der Waals surface area (Å²) in [5.74, 6) is 0.592. The lowest BCUT2D eigenvalue weighted by molar-refractivity contribution is 0.198. The normalized spacial score (nSPS) is 13.3. The van der Waals surface area contributed by atoms with Gasteiger partial charge in [-0.2, -0.15) is 4.73 Å². The van der Waals surface area contributed by atoms with E-state index in [-0.39, 0.29) is 5.92 Å². The molecule has 1 aromatic heterocycles. The van der Waals surface area contributed by atoms with E-state index in [2.05, 4.69) is 32.6 Å². The largest absolute Gasteiger partial charge is 0.507 e. The molecule has 2 aromatic carbocycles. The Balaban J connectivity index is 2.21. The molecule has 0 bridgehead atoms. The number of benzene rings is 2. The zero-order chi connectivity index (χ0) is 21.8. The maximum atomic E-state index is 10.9. The molecule has 5 nitrogen and oxygen atoms in total. The van der Waals surface area contributed by atoms with Crippen LogP contribution in [0.15, 0.2) is 47.6 Å². The smallest absolute Gasteiger partial charge is 0.123 e. The monoisotopic (exact) mass is 427 g/mol. The first-order valence-corrected chi connectivity index (χ1v) is 10.9. The van der Waals surface area contributed by atoms with Crippen molar-refractivity contribution in [2.75, 3.05) is 13.1 Å². The summed E-state index contributed by atoms with van der Waals surface area (Å²) in [5.41, 5.74) is 3.18. The number of nitrogens with zero attached hydrogens (tertiary/aromatic N) is 3. The fourth-order valence-corrected chi connectivity index (χ4v) is 3.80. The highest BCUT2D eigenvalue weighted by atomic mass is 35.5. The first-order chi connectivity index (χ1) is 14.4. The van der Waals surface area contributed by atoms with E-state index in [9.17, 15) is 10.3 Å². The molecule has 0 spiro atoms. The molecular weight excluding hydrogens is 398 g/mol. The standard InChI is InChI=1S/C24H30ClN3O2/c1-5-16(4)21-14-19(12-17(24(21)29)15-27(6-2)7-3)26-22-10-11-28(30)23-13-18(25)8-9-20(22)23/h8-14,16,29-30H,5-7,15H2,1-4H3. The van der Waals surface area contributed by atoms with Crippen LogP contribution in [0.4, 0.5) is 5.69 Å². The molecule has 3 aromatic rings. The molecule has 0 amide bonds. The number of phenolic OH excluding ortho intramolecular Hbond substituents is 1. The Morgan fingerprint density at radius 2 is 1.83 bits per heavy atom. The summed E-state index contributed by atoms with van der Waals surface area (Å²) in [5, 5.41) is 23.2. The summed E-state index contributed by atoms with van der Waals surface area (Å²) in [6, 6.07) is 11.1. The third-order valence-electron chi connectivity index (χ3n) is 5.74. The van der Waals surface area contributed by atoms with Gasteiger partial charge in [-0.3, -0.25) is 4.90 Å². The van der Waals surface area contributed by atoms with Crippen molar-refractivity contribution in [1.82, 2.24) is 9.63 Å². The van der Waals surface area contributed by atoms with Gasteiger partial charge < -0.3 is 10.3 Å². The minimum Gasteiger partial charge on any atom is -0.507 e. The van der Waals surface area contributed by atoms with E-state index in [4.69, 9.17) is 16.6 Å². The van der Waals surface area contributed by atoms with Gasteiger partial charge in [0.2, 0.25) is 0 Å². The zero-order valence-corrected chi connectivity index (χ0v) is 18.8. The summed E-state index contributed by atoms with van der Waals surface area (Å²) in [7, 11) is 0. The molecule has 0 saturated carbocycles. The highest BCUT2D eigenvalue weighted by Gasteiger charge is 2.16. The number of rotatable bonds is 7.